The van der Waals surface area contributed by atoms with Crippen LogP contribution in [0.25, 0.3) is 0 Å². The zero-order chi connectivity index (χ0) is 15.4. The Morgan fingerprint density at radius 2 is 1.71 bits per heavy atom. The van der Waals surface area contributed by atoms with Gasteiger partial charge in [0.25, 0.3) is 0 Å². The van der Waals surface area contributed by atoms with Crippen molar-refractivity contribution < 1.29 is 4.74 Å². The summed E-state index contributed by atoms with van der Waals surface area (Å²) in [7, 11) is 1.70. The topological polar surface area (TPSA) is 47.3 Å². The van der Waals surface area contributed by atoms with Crippen LogP contribution in [0, 0.1) is 20.8 Å². The summed E-state index contributed by atoms with van der Waals surface area (Å²) in [6.07, 6.45) is 0.797. The summed E-state index contributed by atoms with van der Waals surface area (Å²) in [5.74, 6) is 6.73. The monoisotopic (exact) mass is 284 g/mol. The van der Waals surface area contributed by atoms with E-state index in [0.717, 1.165) is 17.7 Å². The molecule has 1 atom stereocenters. The second-order valence-corrected chi connectivity index (χ2v) is 5.55. The van der Waals surface area contributed by atoms with Crippen LogP contribution in [-0.2, 0) is 6.42 Å². The van der Waals surface area contributed by atoms with Crippen LogP contribution in [0.5, 0.6) is 5.75 Å². The standard InChI is InChI=1S/C18H24N2O/c1-12-9-13(2)18(14(3)10-12)16(20-19)11-15-7-5-6-8-17(15)21-4/h5-10,16,20H,11,19H2,1-4H3. The van der Waals surface area contributed by atoms with E-state index in [1.165, 1.54) is 22.3 Å². The predicted octanol–water partition coefficient (Wildman–Crippen LogP) is 3.37. The van der Waals surface area contributed by atoms with Crippen LogP contribution < -0.4 is 16.0 Å². The van der Waals surface area contributed by atoms with Gasteiger partial charge in [-0.05, 0) is 55.5 Å². The molecule has 0 aliphatic heterocycles. The molecule has 21 heavy (non-hydrogen) atoms. The van der Waals surface area contributed by atoms with Gasteiger partial charge in [0.1, 0.15) is 5.75 Å². The number of nitrogens with one attached hydrogen (secondary N) is 1. The number of hydrogen-bond acceptors (Lipinski definition) is 3. The number of methoxy groups -OCH3 is 1. The molecule has 1 unspecified atom stereocenters. The van der Waals surface area contributed by atoms with E-state index in [9.17, 15) is 0 Å². The lowest BCUT2D eigenvalue weighted by Crippen LogP contribution is -2.30. The highest BCUT2D eigenvalue weighted by Crippen LogP contribution is 2.29. The molecule has 112 valence electrons. The van der Waals surface area contributed by atoms with Gasteiger partial charge in [-0.1, -0.05) is 35.9 Å². The normalized spacial score (nSPS) is 12.2. The Hall–Kier alpha value is -1.84. The van der Waals surface area contributed by atoms with Gasteiger partial charge in [0.15, 0.2) is 0 Å². The fraction of sp³-hybridized carbons (Fsp3) is 0.333. The van der Waals surface area contributed by atoms with Crippen LogP contribution in [0.1, 0.15) is 33.9 Å². The molecule has 0 heterocycles. The first-order valence-electron chi connectivity index (χ1n) is 7.22. The maximum Gasteiger partial charge on any atom is 0.122 e. The van der Waals surface area contributed by atoms with E-state index in [4.69, 9.17) is 10.6 Å². The van der Waals surface area contributed by atoms with Gasteiger partial charge in [0, 0.05) is 0 Å². The summed E-state index contributed by atoms with van der Waals surface area (Å²) >= 11 is 0. The van der Waals surface area contributed by atoms with Crippen molar-refractivity contribution in [3.63, 3.8) is 0 Å². The SMILES string of the molecule is COc1ccccc1CC(NN)c1c(C)cc(C)cc1C. The summed E-state index contributed by atoms with van der Waals surface area (Å²) in [6.45, 7) is 6.40. The molecule has 0 fully saturated rings. The Bertz CT molecular complexity index is 599. The van der Waals surface area contributed by atoms with E-state index in [1.54, 1.807) is 7.11 Å². The molecule has 2 rings (SSSR count). The zero-order valence-corrected chi connectivity index (χ0v) is 13.2. The van der Waals surface area contributed by atoms with Crippen LogP contribution in [0.4, 0.5) is 0 Å². The molecular weight excluding hydrogens is 260 g/mol. The van der Waals surface area contributed by atoms with Gasteiger partial charge in [-0.3, -0.25) is 11.3 Å². The number of benzene rings is 2. The van der Waals surface area contributed by atoms with Crippen molar-refractivity contribution in [3.05, 3.63) is 64.2 Å². The lowest BCUT2D eigenvalue weighted by Gasteiger charge is -2.22. The molecule has 3 nitrogen and oxygen atoms in total. The highest BCUT2D eigenvalue weighted by Gasteiger charge is 2.17. The van der Waals surface area contributed by atoms with Crippen LogP contribution in [0.3, 0.4) is 0 Å². The molecule has 0 spiro atoms. The molecule has 3 heteroatoms. The Kier molecular flexibility index (Phi) is 4.99. The Morgan fingerprint density at radius 1 is 1.10 bits per heavy atom. The lowest BCUT2D eigenvalue weighted by molar-refractivity contribution is 0.405. The van der Waals surface area contributed by atoms with Crippen molar-refractivity contribution >= 4 is 0 Å². The van der Waals surface area contributed by atoms with E-state index in [2.05, 4.69) is 44.4 Å². The minimum Gasteiger partial charge on any atom is -0.496 e. The molecule has 0 saturated heterocycles. The Balaban J connectivity index is 2.37. The number of ether oxygens (including phenoxy) is 1. The number of para-hydroxylation sites is 1. The zero-order valence-electron chi connectivity index (χ0n) is 13.2. The van der Waals surface area contributed by atoms with Gasteiger partial charge < -0.3 is 4.74 Å². The molecule has 0 radical (unpaired) electrons. The van der Waals surface area contributed by atoms with Crippen molar-refractivity contribution in [1.29, 1.82) is 0 Å². The molecule has 0 amide bonds. The molecule has 0 aliphatic carbocycles. The number of hydrogen-bond donors (Lipinski definition) is 2. The largest absolute Gasteiger partial charge is 0.496 e. The number of nitrogens with two attached hydrogens (primary N) is 1. The van der Waals surface area contributed by atoms with E-state index >= 15 is 0 Å². The highest BCUT2D eigenvalue weighted by atomic mass is 16.5. The van der Waals surface area contributed by atoms with E-state index in [1.807, 2.05) is 18.2 Å². The van der Waals surface area contributed by atoms with Crippen LogP contribution in [0.15, 0.2) is 36.4 Å². The molecule has 2 aromatic rings. The smallest absolute Gasteiger partial charge is 0.122 e. The third kappa shape index (κ3) is 3.43. The molecule has 2 aromatic carbocycles. The number of hydrazine groups is 1. The van der Waals surface area contributed by atoms with E-state index in [0.29, 0.717) is 0 Å². The molecule has 3 N–H and O–H groups in total. The highest BCUT2D eigenvalue weighted by molar-refractivity contribution is 5.42. The van der Waals surface area contributed by atoms with Crippen molar-refractivity contribution in [2.75, 3.05) is 7.11 Å². The van der Waals surface area contributed by atoms with Crippen molar-refractivity contribution in [3.8, 4) is 5.75 Å². The second kappa shape index (κ2) is 6.74. The van der Waals surface area contributed by atoms with Gasteiger partial charge in [-0.25, -0.2) is 0 Å². The fourth-order valence-electron chi connectivity index (χ4n) is 3.08. The van der Waals surface area contributed by atoms with Gasteiger partial charge in [0.2, 0.25) is 0 Å². The summed E-state index contributed by atoms with van der Waals surface area (Å²) in [6, 6.07) is 12.6. The maximum atomic E-state index is 5.83. The third-order valence-corrected chi connectivity index (χ3v) is 3.90. The van der Waals surface area contributed by atoms with E-state index in [-0.39, 0.29) is 6.04 Å². The van der Waals surface area contributed by atoms with E-state index < -0.39 is 0 Å². The summed E-state index contributed by atoms with van der Waals surface area (Å²) < 4.78 is 5.44. The summed E-state index contributed by atoms with van der Waals surface area (Å²) in [4.78, 5) is 0. The van der Waals surface area contributed by atoms with Crippen molar-refractivity contribution in [2.24, 2.45) is 5.84 Å². The summed E-state index contributed by atoms with van der Waals surface area (Å²) in [5, 5.41) is 0. The fourth-order valence-corrected chi connectivity index (χ4v) is 3.08. The first-order valence-corrected chi connectivity index (χ1v) is 7.22. The van der Waals surface area contributed by atoms with Gasteiger partial charge in [-0.15, -0.1) is 0 Å². The Labute approximate surface area is 127 Å². The van der Waals surface area contributed by atoms with Crippen LogP contribution in [-0.4, -0.2) is 7.11 Å². The lowest BCUT2D eigenvalue weighted by atomic mass is 9.90. The predicted molar refractivity (Wildman–Crippen MR) is 87.4 cm³/mol. The van der Waals surface area contributed by atoms with Gasteiger partial charge in [-0.2, -0.15) is 0 Å². The maximum absolute atomic E-state index is 5.83. The third-order valence-electron chi connectivity index (χ3n) is 3.90. The molecule has 0 aromatic heterocycles. The molecular formula is C18H24N2O. The minimum atomic E-state index is 0.0712. The van der Waals surface area contributed by atoms with Crippen LogP contribution in [0.2, 0.25) is 0 Å². The van der Waals surface area contributed by atoms with Crippen LogP contribution >= 0.6 is 0 Å². The number of rotatable bonds is 5. The quantitative estimate of drug-likeness (QED) is 0.653. The van der Waals surface area contributed by atoms with Crippen molar-refractivity contribution in [2.45, 2.75) is 33.2 Å². The first kappa shape index (κ1) is 15.5. The average Bonchev–Trinajstić information content (AvgIpc) is 2.45. The molecule has 0 aliphatic rings. The molecule has 0 saturated carbocycles. The first-order chi connectivity index (χ1) is 10.1. The minimum absolute atomic E-state index is 0.0712. The number of aryl methyl sites for hydroxylation is 3. The second-order valence-electron chi connectivity index (χ2n) is 5.55. The van der Waals surface area contributed by atoms with Crippen molar-refractivity contribution in [1.82, 2.24) is 5.43 Å². The summed E-state index contributed by atoms with van der Waals surface area (Å²) in [5.41, 5.74) is 9.21. The molecule has 0 bridgehead atoms. The Morgan fingerprint density at radius 3 is 2.29 bits per heavy atom. The van der Waals surface area contributed by atoms with Gasteiger partial charge >= 0.3 is 0 Å². The van der Waals surface area contributed by atoms with Gasteiger partial charge in [0.05, 0.1) is 13.2 Å². The average molecular weight is 284 g/mol.